The Hall–Kier alpha value is -4.08. The number of primary amides is 1. The van der Waals surface area contributed by atoms with Crippen LogP contribution in [0.2, 0.25) is 0 Å². The van der Waals surface area contributed by atoms with Crippen LogP contribution < -0.4 is 15.8 Å². The molecule has 0 bridgehead atoms. The van der Waals surface area contributed by atoms with Crippen LogP contribution in [0.4, 0.5) is 19.3 Å². The van der Waals surface area contributed by atoms with Gasteiger partial charge in [0, 0.05) is 24.0 Å². The topological polar surface area (TPSA) is 116 Å². The molecule has 0 fully saturated rings. The summed E-state index contributed by atoms with van der Waals surface area (Å²) in [6, 6.07) is 9.87. The van der Waals surface area contributed by atoms with Crippen molar-refractivity contribution in [3.63, 3.8) is 0 Å². The second-order valence-electron chi connectivity index (χ2n) is 8.32. The summed E-state index contributed by atoms with van der Waals surface area (Å²) in [5, 5.41) is 10.2. The molecule has 34 heavy (non-hydrogen) atoms. The smallest absolute Gasteiger partial charge is 0.412 e. The minimum atomic E-state index is -0.954. The number of hydrogen-bond donors (Lipinski definition) is 2. The van der Waals surface area contributed by atoms with Crippen LogP contribution in [-0.2, 0) is 16.0 Å². The maximum absolute atomic E-state index is 15.6. The lowest BCUT2D eigenvalue weighted by Gasteiger charge is -2.21. The Labute approximate surface area is 195 Å². The second-order valence-corrected chi connectivity index (χ2v) is 8.32. The average molecular weight is 470 g/mol. The van der Waals surface area contributed by atoms with Crippen molar-refractivity contribution in [2.75, 3.05) is 5.32 Å². The molecule has 0 unspecified atom stereocenters. The summed E-state index contributed by atoms with van der Waals surface area (Å²) < 4.78 is 40.8. The van der Waals surface area contributed by atoms with E-state index in [-0.39, 0.29) is 35.6 Å². The van der Waals surface area contributed by atoms with E-state index in [9.17, 15) is 14.0 Å². The predicted octanol–water partition coefficient (Wildman–Crippen LogP) is 4.98. The van der Waals surface area contributed by atoms with Crippen molar-refractivity contribution in [2.24, 2.45) is 5.73 Å². The van der Waals surface area contributed by atoms with E-state index in [4.69, 9.17) is 15.2 Å². The molecular formula is C24H24F2N4O4. The predicted molar refractivity (Wildman–Crippen MR) is 121 cm³/mol. The molecule has 0 saturated heterocycles. The van der Waals surface area contributed by atoms with Crippen molar-refractivity contribution in [1.82, 2.24) is 10.2 Å². The molecule has 1 heterocycles. The van der Waals surface area contributed by atoms with Gasteiger partial charge in [0.1, 0.15) is 5.60 Å². The van der Waals surface area contributed by atoms with Crippen molar-refractivity contribution in [2.45, 2.75) is 39.2 Å². The summed E-state index contributed by atoms with van der Waals surface area (Å²) in [4.78, 5) is 23.5. The van der Waals surface area contributed by atoms with Gasteiger partial charge in [-0.05, 0) is 51.1 Å². The maximum atomic E-state index is 15.6. The Morgan fingerprint density at radius 3 is 2.47 bits per heavy atom. The third kappa shape index (κ3) is 6.25. The summed E-state index contributed by atoms with van der Waals surface area (Å²) >= 11 is 0. The molecule has 0 radical (unpaired) electrons. The minimum absolute atomic E-state index is 0.00401. The number of nitrogens with zero attached hydrogens (tertiary/aromatic N) is 2. The van der Waals surface area contributed by atoms with Crippen LogP contribution in [0.3, 0.4) is 0 Å². The number of hydrogen-bond acceptors (Lipinski definition) is 6. The number of carbonyl (C=O) groups excluding carboxylic acids is 2. The number of benzene rings is 2. The normalized spacial score (nSPS) is 11.1. The number of aryl methyl sites for hydroxylation is 1. The van der Waals surface area contributed by atoms with Crippen LogP contribution in [0.5, 0.6) is 11.5 Å². The highest BCUT2D eigenvalue weighted by Gasteiger charge is 2.23. The van der Waals surface area contributed by atoms with E-state index in [1.807, 2.05) is 0 Å². The lowest BCUT2D eigenvalue weighted by molar-refractivity contribution is -0.118. The highest BCUT2D eigenvalue weighted by molar-refractivity contribution is 5.87. The molecular weight excluding hydrogens is 446 g/mol. The van der Waals surface area contributed by atoms with E-state index in [0.29, 0.717) is 11.3 Å². The SMILES string of the molecule is CC(C)(C)OC(=O)Nc1ccc(-c2ccnnc2CCC(N)=O)c(Oc2ccccc2F)c1F. The number of rotatable bonds is 7. The third-order valence-electron chi connectivity index (χ3n) is 4.48. The molecule has 0 atom stereocenters. The summed E-state index contributed by atoms with van der Waals surface area (Å²) in [5.41, 5.74) is 5.20. The Balaban J connectivity index is 2.10. The largest absolute Gasteiger partial charge is 0.450 e. The van der Waals surface area contributed by atoms with E-state index in [2.05, 4.69) is 15.5 Å². The van der Waals surface area contributed by atoms with Gasteiger partial charge in [0.05, 0.1) is 17.6 Å². The zero-order chi connectivity index (χ0) is 24.9. The number of para-hydroxylation sites is 1. The first-order valence-corrected chi connectivity index (χ1v) is 10.4. The first kappa shape index (κ1) is 24.6. The van der Waals surface area contributed by atoms with Crippen LogP contribution in [0.25, 0.3) is 11.1 Å². The standard InChI is InChI=1S/C24H24F2N4O4/c1-24(2,3)34-23(32)29-18-9-8-15(14-12-13-28-30-17(14)10-11-20(27)31)22(21(18)26)33-19-7-5-4-6-16(19)25/h4-9,12-13H,10-11H2,1-3H3,(H2,27,31)(H,29,32). The van der Waals surface area contributed by atoms with Crippen LogP contribution in [0, 0.1) is 11.6 Å². The molecule has 0 spiro atoms. The molecule has 0 aliphatic heterocycles. The first-order chi connectivity index (χ1) is 16.0. The molecule has 3 aromatic rings. The van der Waals surface area contributed by atoms with E-state index in [1.54, 1.807) is 26.8 Å². The molecule has 2 aromatic carbocycles. The molecule has 0 aliphatic rings. The zero-order valence-electron chi connectivity index (χ0n) is 18.9. The van der Waals surface area contributed by atoms with Crippen molar-refractivity contribution < 1.29 is 27.8 Å². The fourth-order valence-corrected chi connectivity index (χ4v) is 3.05. The number of ether oxygens (including phenoxy) is 2. The number of amides is 2. The van der Waals surface area contributed by atoms with E-state index in [0.717, 1.165) is 0 Å². The molecule has 2 amide bonds. The van der Waals surface area contributed by atoms with Crippen LogP contribution in [0.15, 0.2) is 48.7 Å². The van der Waals surface area contributed by atoms with Gasteiger partial charge in [-0.3, -0.25) is 10.1 Å². The van der Waals surface area contributed by atoms with E-state index >= 15 is 4.39 Å². The van der Waals surface area contributed by atoms with Gasteiger partial charge in [-0.15, -0.1) is 0 Å². The number of carbonyl (C=O) groups is 2. The Bertz CT molecular complexity index is 1210. The summed E-state index contributed by atoms with van der Waals surface area (Å²) in [5.74, 6) is -2.78. The molecule has 0 saturated carbocycles. The van der Waals surface area contributed by atoms with Gasteiger partial charge in [-0.1, -0.05) is 12.1 Å². The Morgan fingerprint density at radius 1 is 1.06 bits per heavy atom. The molecule has 10 heteroatoms. The lowest BCUT2D eigenvalue weighted by Crippen LogP contribution is -2.27. The number of nitrogens with one attached hydrogen (secondary N) is 1. The number of nitrogens with two attached hydrogens (primary N) is 1. The van der Waals surface area contributed by atoms with Crippen molar-refractivity contribution in [3.8, 4) is 22.6 Å². The van der Waals surface area contributed by atoms with Crippen molar-refractivity contribution in [3.05, 3.63) is 66.0 Å². The number of halogens is 2. The van der Waals surface area contributed by atoms with Crippen molar-refractivity contribution >= 4 is 17.7 Å². The summed E-state index contributed by atoms with van der Waals surface area (Å²) in [6.45, 7) is 5.01. The first-order valence-electron chi connectivity index (χ1n) is 10.4. The van der Waals surface area contributed by atoms with Crippen LogP contribution in [0.1, 0.15) is 32.9 Å². The summed E-state index contributed by atoms with van der Waals surface area (Å²) in [7, 11) is 0. The zero-order valence-corrected chi connectivity index (χ0v) is 18.9. The summed E-state index contributed by atoms with van der Waals surface area (Å²) in [6.07, 6.45) is 0.664. The fraction of sp³-hybridized carbons (Fsp3) is 0.250. The van der Waals surface area contributed by atoms with E-state index < -0.39 is 29.2 Å². The maximum Gasteiger partial charge on any atom is 0.412 e. The van der Waals surface area contributed by atoms with Gasteiger partial charge in [-0.2, -0.15) is 10.2 Å². The fourth-order valence-electron chi connectivity index (χ4n) is 3.05. The second kappa shape index (κ2) is 10.2. The molecule has 178 valence electrons. The van der Waals surface area contributed by atoms with Gasteiger partial charge >= 0.3 is 6.09 Å². The number of aromatic nitrogens is 2. The van der Waals surface area contributed by atoms with Gasteiger partial charge in [0.25, 0.3) is 0 Å². The minimum Gasteiger partial charge on any atom is -0.450 e. The number of anilines is 1. The monoisotopic (exact) mass is 470 g/mol. The molecule has 1 aromatic heterocycles. The highest BCUT2D eigenvalue weighted by atomic mass is 19.1. The van der Waals surface area contributed by atoms with Gasteiger partial charge in [0.15, 0.2) is 23.1 Å². The van der Waals surface area contributed by atoms with Crippen molar-refractivity contribution in [1.29, 1.82) is 0 Å². The molecule has 3 rings (SSSR count). The van der Waals surface area contributed by atoms with Crippen LogP contribution in [-0.4, -0.2) is 27.8 Å². The lowest BCUT2D eigenvalue weighted by atomic mass is 10.00. The average Bonchev–Trinajstić information content (AvgIpc) is 2.75. The molecule has 8 nitrogen and oxygen atoms in total. The third-order valence-corrected chi connectivity index (χ3v) is 4.48. The quantitative estimate of drug-likeness (QED) is 0.503. The highest BCUT2D eigenvalue weighted by Crippen LogP contribution is 2.40. The molecule has 3 N–H and O–H groups in total. The van der Waals surface area contributed by atoms with E-state index in [1.165, 1.54) is 42.6 Å². The van der Waals surface area contributed by atoms with Gasteiger partial charge in [0.2, 0.25) is 5.91 Å². The Morgan fingerprint density at radius 2 is 1.79 bits per heavy atom. The molecule has 0 aliphatic carbocycles. The Kier molecular flexibility index (Phi) is 7.40. The van der Waals surface area contributed by atoms with Gasteiger partial charge in [-0.25, -0.2) is 13.6 Å². The van der Waals surface area contributed by atoms with Gasteiger partial charge < -0.3 is 15.2 Å². The van der Waals surface area contributed by atoms with Crippen LogP contribution >= 0.6 is 0 Å².